The van der Waals surface area contributed by atoms with Crippen molar-refractivity contribution in [3.8, 4) is 0 Å². The standard InChI is InChI=1S/C13H15N3O/c1-15-10-14-16(2)13(15)12(17)9-8-11-6-4-3-5-7-11/h3-10,17H,1-2H3/b9-8+,13-12+. The molecule has 4 heteroatoms. The third kappa shape index (κ3) is 2.47. The Morgan fingerprint density at radius 2 is 1.94 bits per heavy atom. The summed E-state index contributed by atoms with van der Waals surface area (Å²) >= 11 is 0. The fourth-order valence-electron chi connectivity index (χ4n) is 1.65. The molecule has 1 aromatic rings. The molecule has 1 aromatic carbocycles. The van der Waals surface area contributed by atoms with E-state index < -0.39 is 0 Å². The topological polar surface area (TPSA) is 39.1 Å². The van der Waals surface area contributed by atoms with E-state index in [4.69, 9.17) is 0 Å². The maximum Gasteiger partial charge on any atom is 0.172 e. The van der Waals surface area contributed by atoms with E-state index >= 15 is 0 Å². The first kappa shape index (κ1) is 11.3. The van der Waals surface area contributed by atoms with E-state index in [0.717, 1.165) is 5.56 Å². The summed E-state index contributed by atoms with van der Waals surface area (Å²) in [6, 6.07) is 9.84. The van der Waals surface area contributed by atoms with Gasteiger partial charge in [0.25, 0.3) is 0 Å². The summed E-state index contributed by atoms with van der Waals surface area (Å²) in [5.41, 5.74) is 1.05. The fourth-order valence-corrected chi connectivity index (χ4v) is 1.65. The summed E-state index contributed by atoms with van der Waals surface area (Å²) in [7, 11) is 3.64. The zero-order valence-electron chi connectivity index (χ0n) is 9.91. The number of rotatable bonds is 2. The second-order valence-corrected chi connectivity index (χ2v) is 3.82. The summed E-state index contributed by atoms with van der Waals surface area (Å²) in [5.74, 6) is 0.855. The number of hydrazone groups is 1. The van der Waals surface area contributed by atoms with Crippen molar-refractivity contribution in [1.29, 1.82) is 0 Å². The Bertz CT molecular complexity index is 463. The summed E-state index contributed by atoms with van der Waals surface area (Å²) < 4.78 is 0. The normalized spacial score (nSPS) is 18.2. The molecule has 0 radical (unpaired) electrons. The minimum absolute atomic E-state index is 0.191. The van der Waals surface area contributed by atoms with Crippen molar-refractivity contribution < 1.29 is 5.11 Å². The SMILES string of the molecule is CN1C=NN(C)/C1=C(O)\C=C\c1ccccc1. The van der Waals surface area contributed by atoms with Crippen LogP contribution in [0.4, 0.5) is 0 Å². The minimum atomic E-state index is 0.191. The average molecular weight is 229 g/mol. The van der Waals surface area contributed by atoms with Gasteiger partial charge in [0, 0.05) is 14.1 Å². The molecule has 1 heterocycles. The Morgan fingerprint density at radius 1 is 1.24 bits per heavy atom. The van der Waals surface area contributed by atoms with Crippen LogP contribution in [-0.2, 0) is 0 Å². The molecule has 0 atom stereocenters. The third-order valence-corrected chi connectivity index (χ3v) is 2.50. The molecule has 0 spiro atoms. The molecule has 0 fully saturated rings. The largest absolute Gasteiger partial charge is 0.504 e. The summed E-state index contributed by atoms with van der Waals surface area (Å²) in [5, 5.41) is 15.7. The molecule has 0 amide bonds. The predicted molar refractivity (Wildman–Crippen MR) is 69.1 cm³/mol. The minimum Gasteiger partial charge on any atom is -0.504 e. The van der Waals surface area contributed by atoms with Gasteiger partial charge in [-0.05, 0) is 11.6 Å². The molecule has 4 nitrogen and oxygen atoms in total. The molecule has 1 N–H and O–H groups in total. The van der Waals surface area contributed by atoms with E-state index in [0.29, 0.717) is 5.82 Å². The van der Waals surface area contributed by atoms with Crippen molar-refractivity contribution in [2.24, 2.45) is 5.10 Å². The maximum atomic E-state index is 9.98. The molecule has 0 unspecified atom stereocenters. The highest BCUT2D eigenvalue weighted by Gasteiger charge is 2.17. The van der Waals surface area contributed by atoms with Crippen LogP contribution >= 0.6 is 0 Å². The molecule has 0 saturated heterocycles. The Labute approximate surface area is 101 Å². The van der Waals surface area contributed by atoms with Crippen LogP contribution in [0, 0.1) is 0 Å². The Morgan fingerprint density at radius 3 is 2.53 bits per heavy atom. The van der Waals surface area contributed by atoms with Crippen LogP contribution in [0.5, 0.6) is 0 Å². The van der Waals surface area contributed by atoms with Gasteiger partial charge in [-0.15, -0.1) is 0 Å². The Balaban J connectivity index is 2.19. The molecule has 1 aliphatic rings. The van der Waals surface area contributed by atoms with Gasteiger partial charge in [-0.1, -0.05) is 36.4 Å². The van der Waals surface area contributed by atoms with Gasteiger partial charge in [0.1, 0.15) is 6.34 Å². The number of benzene rings is 1. The highest BCUT2D eigenvalue weighted by Crippen LogP contribution is 2.16. The van der Waals surface area contributed by atoms with Gasteiger partial charge in [-0.3, -0.25) is 0 Å². The number of nitrogens with zero attached hydrogens (tertiary/aromatic N) is 3. The summed E-state index contributed by atoms with van der Waals surface area (Å²) in [4.78, 5) is 1.77. The molecule has 0 aromatic heterocycles. The van der Waals surface area contributed by atoms with Crippen LogP contribution in [0.15, 0.2) is 53.1 Å². The first-order valence-corrected chi connectivity index (χ1v) is 5.35. The van der Waals surface area contributed by atoms with Gasteiger partial charge in [0.05, 0.1) is 0 Å². The number of aliphatic hydroxyl groups excluding tert-OH is 1. The van der Waals surface area contributed by atoms with E-state index in [1.807, 2.05) is 43.5 Å². The van der Waals surface area contributed by atoms with E-state index in [-0.39, 0.29) is 5.76 Å². The smallest absolute Gasteiger partial charge is 0.172 e. The van der Waals surface area contributed by atoms with Gasteiger partial charge in [-0.25, -0.2) is 5.01 Å². The molecule has 0 bridgehead atoms. The second kappa shape index (κ2) is 4.74. The van der Waals surface area contributed by atoms with Crippen molar-refractivity contribution in [2.45, 2.75) is 0 Å². The monoisotopic (exact) mass is 229 g/mol. The van der Waals surface area contributed by atoms with Crippen LogP contribution in [0.2, 0.25) is 0 Å². The van der Waals surface area contributed by atoms with Gasteiger partial charge in [0.15, 0.2) is 11.6 Å². The van der Waals surface area contributed by atoms with Crippen molar-refractivity contribution in [1.82, 2.24) is 9.91 Å². The van der Waals surface area contributed by atoms with E-state index in [9.17, 15) is 5.11 Å². The Hall–Kier alpha value is -2.23. The lowest BCUT2D eigenvalue weighted by molar-refractivity contribution is 0.332. The van der Waals surface area contributed by atoms with Gasteiger partial charge in [0.2, 0.25) is 0 Å². The lowest BCUT2D eigenvalue weighted by Crippen LogP contribution is -2.19. The Kier molecular flexibility index (Phi) is 3.14. The van der Waals surface area contributed by atoms with Crippen molar-refractivity contribution >= 4 is 12.4 Å². The molecule has 1 aliphatic heterocycles. The van der Waals surface area contributed by atoms with E-state index in [2.05, 4.69) is 5.10 Å². The first-order valence-electron chi connectivity index (χ1n) is 5.35. The van der Waals surface area contributed by atoms with Crippen molar-refractivity contribution in [3.63, 3.8) is 0 Å². The highest BCUT2D eigenvalue weighted by atomic mass is 16.3. The van der Waals surface area contributed by atoms with Crippen molar-refractivity contribution in [2.75, 3.05) is 14.1 Å². The average Bonchev–Trinajstić information content (AvgIpc) is 2.67. The maximum absolute atomic E-state index is 9.98. The summed E-state index contributed by atoms with van der Waals surface area (Å²) in [6.45, 7) is 0. The zero-order chi connectivity index (χ0) is 12.3. The van der Waals surface area contributed by atoms with Crippen molar-refractivity contribution in [3.05, 3.63) is 53.6 Å². The lowest BCUT2D eigenvalue weighted by atomic mass is 10.2. The number of aliphatic hydroxyl groups is 1. The quantitative estimate of drug-likeness (QED) is 0.790. The molecule has 2 rings (SSSR count). The van der Waals surface area contributed by atoms with Crippen LogP contribution in [-0.4, -0.2) is 35.4 Å². The van der Waals surface area contributed by atoms with Crippen LogP contribution < -0.4 is 0 Å². The molecular weight excluding hydrogens is 214 g/mol. The third-order valence-electron chi connectivity index (χ3n) is 2.50. The first-order chi connectivity index (χ1) is 8.18. The number of allylic oxidation sites excluding steroid dienone is 1. The predicted octanol–water partition coefficient (Wildman–Crippen LogP) is 2.25. The molecule has 0 aliphatic carbocycles. The van der Waals surface area contributed by atoms with Crippen LogP contribution in [0.1, 0.15) is 5.56 Å². The van der Waals surface area contributed by atoms with Gasteiger partial charge < -0.3 is 10.0 Å². The fraction of sp³-hybridized carbons (Fsp3) is 0.154. The number of hydrogen-bond acceptors (Lipinski definition) is 4. The van der Waals surface area contributed by atoms with E-state index in [1.54, 1.807) is 29.4 Å². The van der Waals surface area contributed by atoms with Crippen LogP contribution in [0.25, 0.3) is 6.08 Å². The second-order valence-electron chi connectivity index (χ2n) is 3.82. The zero-order valence-corrected chi connectivity index (χ0v) is 9.91. The highest BCUT2D eigenvalue weighted by molar-refractivity contribution is 5.61. The van der Waals surface area contributed by atoms with Gasteiger partial charge >= 0.3 is 0 Å². The van der Waals surface area contributed by atoms with E-state index in [1.165, 1.54) is 0 Å². The lowest BCUT2D eigenvalue weighted by Gasteiger charge is -2.15. The number of hydrogen-bond donors (Lipinski definition) is 1. The summed E-state index contributed by atoms with van der Waals surface area (Å²) in [6.07, 6.45) is 5.19. The molecule has 0 saturated carbocycles. The van der Waals surface area contributed by atoms with Crippen LogP contribution in [0.3, 0.4) is 0 Å². The molecule has 88 valence electrons. The molecule has 17 heavy (non-hydrogen) atoms. The molecular formula is C13H15N3O. The van der Waals surface area contributed by atoms with Gasteiger partial charge in [-0.2, -0.15) is 5.10 Å².